The highest BCUT2D eigenvalue weighted by molar-refractivity contribution is 7.91. The second-order valence-corrected chi connectivity index (χ2v) is 10.1. The molecule has 0 aliphatic heterocycles. The molecule has 9 heteroatoms. The summed E-state index contributed by atoms with van der Waals surface area (Å²) in [5, 5.41) is 10.3. The zero-order chi connectivity index (χ0) is 25.1. The Morgan fingerprint density at radius 3 is 2.44 bits per heavy atom. The molecule has 0 aliphatic carbocycles. The van der Waals surface area contributed by atoms with E-state index in [9.17, 15) is 13.7 Å². The number of sulfone groups is 1. The van der Waals surface area contributed by atoms with Crippen LogP contribution in [0.2, 0.25) is 0 Å². The van der Waals surface area contributed by atoms with Gasteiger partial charge in [-0.3, -0.25) is 4.98 Å². The number of fused-ring (bicyclic) bond motifs is 1. The van der Waals surface area contributed by atoms with Crippen molar-refractivity contribution in [2.24, 2.45) is 0 Å². The van der Waals surface area contributed by atoms with Crippen molar-refractivity contribution in [3.05, 3.63) is 90.8 Å². The van der Waals surface area contributed by atoms with E-state index in [1.54, 1.807) is 55.6 Å². The minimum absolute atomic E-state index is 0.0159. The number of aromatic nitrogens is 3. The molecule has 5 rings (SSSR count). The van der Waals surface area contributed by atoms with E-state index in [1.165, 1.54) is 12.3 Å². The molecule has 0 unspecified atom stereocenters. The molecule has 3 heterocycles. The van der Waals surface area contributed by atoms with E-state index in [-0.39, 0.29) is 10.8 Å². The summed E-state index contributed by atoms with van der Waals surface area (Å²) in [6.07, 6.45) is 3.08. The van der Waals surface area contributed by atoms with E-state index in [2.05, 4.69) is 21.0 Å². The van der Waals surface area contributed by atoms with Crippen LogP contribution in [-0.2, 0) is 9.84 Å². The van der Waals surface area contributed by atoms with E-state index in [0.29, 0.717) is 28.6 Å². The first-order valence-electron chi connectivity index (χ1n) is 11.1. The van der Waals surface area contributed by atoms with E-state index < -0.39 is 9.84 Å². The van der Waals surface area contributed by atoms with Gasteiger partial charge in [-0.2, -0.15) is 5.26 Å². The average Bonchev–Trinajstić information content (AvgIpc) is 3.33. The third kappa shape index (κ3) is 4.62. The Morgan fingerprint density at radius 1 is 0.917 bits per heavy atom. The first kappa shape index (κ1) is 23.1. The molecular formula is C27H20N4O4S. The van der Waals surface area contributed by atoms with E-state index in [0.717, 1.165) is 22.3 Å². The SMILES string of the molecule is CCS(=O)(=O)c1ccc(Oc2cc3cc(-c4ccccn4)[nH]c3cc2Oc2ccccc2C#N)cn1. The molecule has 0 atom stereocenters. The molecule has 0 radical (unpaired) electrons. The first-order chi connectivity index (χ1) is 17.5. The number of nitriles is 1. The van der Waals surface area contributed by atoms with E-state index in [1.807, 2.05) is 24.3 Å². The number of nitrogens with zero attached hydrogens (tertiary/aromatic N) is 3. The zero-order valence-corrected chi connectivity index (χ0v) is 20.0. The number of hydrogen-bond acceptors (Lipinski definition) is 7. The molecule has 0 spiro atoms. The number of para-hydroxylation sites is 1. The monoisotopic (exact) mass is 496 g/mol. The van der Waals surface area contributed by atoms with Crippen LogP contribution < -0.4 is 9.47 Å². The largest absolute Gasteiger partial charge is 0.452 e. The number of aromatic amines is 1. The van der Waals surface area contributed by atoms with Gasteiger partial charge in [0, 0.05) is 23.2 Å². The van der Waals surface area contributed by atoms with Gasteiger partial charge in [0.15, 0.2) is 26.4 Å². The maximum atomic E-state index is 12.1. The van der Waals surface area contributed by atoms with Gasteiger partial charge in [0.05, 0.1) is 28.9 Å². The van der Waals surface area contributed by atoms with Gasteiger partial charge in [0.2, 0.25) is 0 Å². The van der Waals surface area contributed by atoms with Gasteiger partial charge in [0.25, 0.3) is 0 Å². The van der Waals surface area contributed by atoms with Crippen molar-refractivity contribution in [1.29, 1.82) is 5.26 Å². The fraction of sp³-hybridized carbons (Fsp3) is 0.0741. The summed E-state index contributed by atoms with van der Waals surface area (Å²) in [6, 6.07) is 23.2. The number of pyridine rings is 2. The summed E-state index contributed by atoms with van der Waals surface area (Å²) in [5.74, 6) is 1.41. The van der Waals surface area contributed by atoms with Crippen LogP contribution in [0.1, 0.15) is 12.5 Å². The van der Waals surface area contributed by atoms with Crippen molar-refractivity contribution in [3.63, 3.8) is 0 Å². The lowest BCUT2D eigenvalue weighted by molar-refractivity contribution is 0.417. The van der Waals surface area contributed by atoms with Crippen LogP contribution in [0, 0.1) is 11.3 Å². The molecule has 2 aromatic carbocycles. The molecule has 0 saturated heterocycles. The van der Waals surface area contributed by atoms with Crippen LogP contribution >= 0.6 is 0 Å². The molecule has 0 fully saturated rings. The molecule has 1 N–H and O–H groups in total. The summed E-state index contributed by atoms with van der Waals surface area (Å²) in [6.45, 7) is 1.56. The Balaban J connectivity index is 1.57. The highest BCUT2D eigenvalue weighted by atomic mass is 32.2. The Bertz CT molecular complexity index is 1690. The fourth-order valence-corrected chi connectivity index (χ4v) is 4.40. The summed E-state index contributed by atoms with van der Waals surface area (Å²) in [4.78, 5) is 11.8. The highest BCUT2D eigenvalue weighted by Gasteiger charge is 2.17. The zero-order valence-electron chi connectivity index (χ0n) is 19.2. The maximum absolute atomic E-state index is 12.1. The third-order valence-corrected chi connectivity index (χ3v) is 7.13. The Kier molecular flexibility index (Phi) is 6.10. The lowest BCUT2D eigenvalue weighted by atomic mass is 10.2. The Labute approximate surface area is 207 Å². The van der Waals surface area contributed by atoms with Crippen LogP contribution in [0.25, 0.3) is 22.3 Å². The van der Waals surface area contributed by atoms with E-state index in [4.69, 9.17) is 9.47 Å². The predicted molar refractivity (Wildman–Crippen MR) is 135 cm³/mol. The lowest BCUT2D eigenvalue weighted by Gasteiger charge is -2.13. The molecule has 0 bridgehead atoms. The molecule has 5 aromatic rings. The maximum Gasteiger partial charge on any atom is 0.195 e. The van der Waals surface area contributed by atoms with Gasteiger partial charge < -0.3 is 14.5 Å². The van der Waals surface area contributed by atoms with Gasteiger partial charge in [-0.25, -0.2) is 13.4 Å². The second-order valence-electron chi connectivity index (χ2n) is 7.83. The second kappa shape index (κ2) is 9.52. The Hall–Kier alpha value is -4.68. The lowest BCUT2D eigenvalue weighted by Crippen LogP contribution is -2.05. The number of H-pyrrole nitrogens is 1. The normalized spacial score (nSPS) is 11.2. The summed E-state index contributed by atoms with van der Waals surface area (Å²) in [7, 11) is -3.43. The van der Waals surface area contributed by atoms with Gasteiger partial charge in [0.1, 0.15) is 17.6 Å². The van der Waals surface area contributed by atoms with Gasteiger partial charge in [-0.15, -0.1) is 0 Å². The quantitative estimate of drug-likeness (QED) is 0.299. The van der Waals surface area contributed by atoms with E-state index >= 15 is 0 Å². The first-order valence-corrected chi connectivity index (χ1v) is 12.7. The number of ether oxygens (including phenoxy) is 2. The van der Waals surface area contributed by atoms with Gasteiger partial charge in [-0.05, 0) is 48.5 Å². The molecule has 0 amide bonds. The predicted octanol–water partition coefficient (Wildman–Crippen LogP) is 5.87. The standard InChI is InChI=1S/C27H20N4O4S/c1-2-36(32,33)27-11-10-20(17-30-27)34-25-14-19-13-23(21-8-5-6-12-29-21)31-22(19)15-26(25)35-24-9-4-3-7-18(24)16-28/h3-15,17,31H,2H2,1H3. The van der Waals surface area contributed by atoms with Crippen molar-refractivity contribution < 1.29 is 17.9 Å². The van der Waals surface area contributed by atoms with Crippen LogP contribution in [0.3, 0.4) is 0 Å². The number of benzene rings is 2. The molecule has 36 heavy (non-hydrogen) atoms. The average molecular weight is 497 g/mol. The number of rotatable bonds is 7. The topological polar surface area (TPSA) is 118 Å². The van der Waals surface area contributed by atoms with Crippen molar-refractivity contribution in [2.75, 3.05) is 5.75 Å². The number of hydrogen-bond donors (Lipinski definition) is 1. The van der Waals surface area contributed by atoms with Gasteiger partial charge in [-0.1, -0.05) is 25.1 Å². The molecule has 178 valence electrons. The summed E-state index contributed by atoms with van der Waals surface area (Å²) < 4.78 is 36.4. The van der Waals surface area contributed by atoms with Crippen LogP contribution in [0.15, 0.2) is 90.2 Å². The smallest absolute Gasteiger partial charge is 0.195 e. The third-order valence-electron chi connectivity index (χ3n) is 5.49. The summed E-state index contributed by atoms with van der Waals surface area (Å²) >= 11 is 0. The van der Waals surface area contributed by atoms with Crippen molar-refractivity contribution in [3.8, 4) is 40.5 Å². The van der Waals surface area contributed by atoms with Crippen molar-refractivity contribution in [2.45, 2.75) is 11.9 Å². The highest BCUT2D eigenvalue weighted by Crippen LogP contribution is 2.40. The van der Waals surface area contributed by atoms with Crippen LogP contribution in [0.5, 0.6) is 23.0 Å². The number of nitrogens with one attached hydrogen (secondary N) is 1. The molecular weight excluding hydrogens is 476 g/mol. The molecule has 8 nitrogen and oxygen atoms in total. The fourth-order valence-electron chi connectivity index (χ4n) is 3.61. The van der Waals surface area contributed by atoms with Crippen molar-refractivity contribution in [1.82, 2.24) is 15.0 Å². The van der Waals surface area contributed by atoms with Crippen LogP contribution in [-0.4, -0.2) is 29.1 Å². The molecule has 3 aromatic heterocycles. The summed E-state index contributed by atoms with van der Waals surface area (Å²) in [5.41, 5.74) is 2.77. The molecule has 0 saturated carbocycles. The minimum atomic E-state index is -3.43. The van der Waals surface area contributed by atoms with Crippen molar-refractivity contribution >= 4 is 20.7 Å². The molecule has 0 aliphatic rings. The van der Waals surface area contributed by atoms with Crippen LogP contribution in [0.4, 0.5) is 0 Å². The minimum Gasteiger partial charge on any atom is -0.452 e. The Morgan fingerprint density at radius 2 is 1.72 bits per heavy atom. The van der Waals surface area contributed by atoms with Gasteiger partial charge >= 0.3 is 0 Å².